The van der Waals surface area contributed by atoms with E-state index in [-0.39, 0.29) is 36.5 Å². The molecule has 10 atom stereocenters. The fourth-order valence-corrected chi connectivity index (χ4v) is 6.34. The van der Waals surface area contributed by atoms with Crippen LogP contribution in [0.3, 0.4) is 0 Å². The first-order chi connectivity index (χ1) is 16.5. The van der Waals surface area contributed by atoms with Crippen LogP contribution in [0.1, 0.15) is 79.6 Å². The second-order valence-corrected chi connectivity index (χ2v) is 11.0. The molecule has 1 spiro atoms. The summed E-state index contributed by atoms with van der Waals surface area (Å²) in [5.74, 6) is -2.80. The number of nitrogens with one attached hydrogen (secondary N) is 1. The van der Waals surface area contributed by atoms with Crippen molar-refractivity contribution in [2.45, 2.75) is 110 Å². The minimum absolute atomic E-state index is 0.0260. The molecule has 10 nitrogen and oxygen atoms in total. The van der Waals surface area contributed by atoms with Gasteiger partial charge in [0.25, 0.3) is 0 Å². The number of carbonyl (C=O) groups excluding carboxylic acids is 2. The molecule has 35 heavy (non-hydrogen) atoms. The van der Waals surface area contributed by atoms with Gasteiger partial charge in [0.2, 0.25) is 18.0 Å². The fourth-order valence-electron chi connectivity index (χ4n) is 6.34. The van der Waals surface area contributed by atoms with Crippen molar-refractivity contribution < 1.29 is 43.5 Å². The monoisotopic (exact) mass is 497 g/mol. The van der Waals surface area contributed by atoms with Crippen LogP contribution >= 0.6 is 0 Å². The number of fused-ring (bicyclic) bond motifs is 2. The van der Waals surface area contributed by atoms with E-state index in [4.69, 9.17) is 24.0 Å². The molecule has 1 saturated carbocycles. The van der Waals surface area contributed by atoms with Crippen LogP contribution in [-0.4, -0.2) is 53.0 Å². The topological polar surface area (TPSA) is 130 Å². The van der Waals surface area contributed by atoms with Crippen LogP contribution in [0, 0.1) is 29.6 Å². The number of carboxylic acid groups (broad SMARTS) is 1. The average molecular weight is 498 g/mol. The van der Waals surface area contributed by atoms with Crippen LogP contribution in [0.4, 0.5) is 0 Å². The van der Waals surface area contributed by atoms with Gasteiger partial charge in [0.05, 0.1) is 6.42 Å². The Balaban J connectivity index is 1.39. The van der Waals surface area contributed by atoms with Gasteiger partial charge >= 0.3 is 11.9 Å². The van der Waals surface area contributed by atoms with E-state index in [0.29, 0.717) is 18.8 Å². The minimum atomic E-state index is -1.09. The number of hydrogen-bond donors (Lipinski definition) is 2. The summed E-state index contributed by atoms with van der Waals surface area (Å²) in [6.45, 7) is 9.67. The van der Waals surface area contributed by atoms with Crippen LogP contribution in [0.2, 0.25) is 0 Å². The fraction of sp³-hybridized carbons (Fsp3) is 0.880. The van der Waals surface area contributed by atoms with E-state index in [9.17, 15) is 19.5 Å². The van der Waals surface area contributed by atoms with E-state index in [1.165, 1.54) is 0 Å². The van der Waals surface area contributed by atoms with Crippen LogP contribution < -0.4 is 5.32 Å². The number of carbonyl (C=O) groups is 3. The van der Waals surface area contributed by atoms with Crippen molar-refractivity contribution in [2.75, 3.05) is 0 Å². The molecule has 10 heteroatoms. The van der Waals surface area contributed by atoms with E-state index >= 15 is 0 Å². The third kappa shape index (κ3) is 4.82. The number of amides is 1. The lowest BCUT2D eigenvalue weighted by Gasteiger charge is -2.59. The summed E-state index contributed by atoms with van der Waals surface area (Å²) in [6.07, 6.45) is 2.23. The zero-order valence-electron chi connectivity index (χ0n) is 21.3. The second kappa shape index (κ2) is 9.95. The Labute approximate surface area is 206 Å². The van der Waals surface area contributed by atoms with Gasteiger partial charge < -0.3 is 24.6 Å². The molecule has 4 saturated heterocycles. The molecule has 4 aliphatic heterocycles. The highest BCUT2D eigenvalue weighted by Gasteiger charge is 2.69. The molecular formula is C25H39NO9. The number of carboxylic acids is 1. The Bertz CT molecular complexity index is 836. The summed E-state index contributed by atoms with van der Waals surface area (Å²) in [4.78, 5) is 48.3. The number of esters is 1. The van der Waals surface area contributed by atoms with Crippen molar-refractivity contribution in [2.24, 2.45) is 29.6 Å². The van der Waals surface area contributed by atoms with Gasteiger partial charge in [-0.25, -0.2) is 14.6 Å². The first-order valence-electron chi connectivity index (χ1n) is 12.9. The van der Waals surface area contributed by atoms with Crippen molar-refractivity contribution >= 4 is 17.8 Å². The third-order valence-electron chi connectivity index (χ3n) is 8.70. The molecule has 0 aromatic carbocycles. The smallest absolute Gasteiger partial charge is 0.326 e. The molecule has 1 aliphatic carbocycles. The lowest BCUT2D eigenvalue weighted by molar-refractivity contribution is -0.576. The average Bonchev–Trinajstić information content (AvgIpc) is 3.04. The Kier molecular flexibility index (Phi) is 7.48. The predicted molar refractivity (Wildman–Crippen MR) is 121 cm³/mol. The van der Waals surface area contributed by atoms with Crippen molar-refractivity contribution in [1.29, 1.82) is 0 Å². The summed E-state index contributed by atoms with van der Waals surface area (Å²) in [7, 11) is 0. The first kappa shape index (κ1) is 26.3. The van der Waals surface area contributed by atoms with E-state index < -0.39 is 47.9 Å². The van der Waals surface area contributed by atoms with Crippen LogP contribution in [-0.2, 0) is 38.4 Å². The van der Waals surface area contributed by atoms with Crippen molar-refractivity contribution in [3.05, 3.63) is 0 Å². The lowest BCUT2D eigenvalue weighted by atomic mass is 9.58. The third-order valence-corrected chi connectivity index (χ3v) is 8.70. The summed E-state index contributed by atoms with van der Waals surface area (Å²) in [5, 5.41) is 11.9. The van der Waals surface area contributed by atoms with E-state index in [1.807, 2.05) is 20.8 Å². The van der Waals surface area contributed by atoms with Crippen LogP contribution in [0.5, 0.6) is 0 Å². The molecule has 0 unspecified atom stereocenters. The van der Waals surface area contributed by atoms with Crippen molar-refractivity contribution in [3.63, 3.8) is 0 Å². The maximum absolute atomic E-state index is 12.7. The van der Waals surface area contributed by atoms with Crippen molar-refractivity contribution in [3.8, 4) is 0 Å². The molecule has 5 aliphatic rings. The molecular weight excluding hydrogens is 458 g/mol. The van der Waals surface area contributed by atoms with Gasteiger partial charge in [0, 0.05) is 24.7 Å². The molecule has 5 fully saturated rings. The SMILES string of the molecule is CC[C@@H](C)[C@@H](NC(=O)CCC(=O)O[C@@H]1O[C@@H]2O[C@@]3(C)CC[C@H]4[C@H](C)CC[C@@H]([C@H]1C)[C@]24OO3)C(=O)O. The minimum Gasteiger partial charge on any atom is -0.480 e. The number of hydrogen-bond acceptors (Lipinski definition) is 8. The zero-order chi connectivity index (χ0) is 25.5. The highest BCUT2D eigenvalue weighted by atomic mass is 17.3. The summed E-state index contributed by atoms with van der Waals surface area (Å²) < 4.78 is 18.2. The van der Waals surface area contributed by atoms with Gasteiger partial charge in [-0.1, -0.05) is 34.1 Å². The highest BCUT2D eigenvalue weighted by molar-refractivity contribution is 5.85. The molecule has 0 aromatic rings. The number of rotatable bonds is 8. The highest BCUT2D eigenvalue weighted by Crippen LogP contribution is 2.60. The molecule has 2 N–H and O–H groups in total. The van der Waals surface area contributed by atoms with Crippen molar-refractivity contribution in [1.82, 2.24) is 5.32 Å². The lowest BCUT2D eigenvalue weighted by Crippen LogP contribution is -2.70. The molecule has 198 valence electrons. The second-order valence-electron chi connectivity index (χ2n) is 11.0. The normalized spacial score (nSPS) is 41.7. The Morgan fingerprint density at radius 2 is 1.86 bits per heavy atom. The van der Waals surface area contributed by atoms with E-state index in [1.54, 1.807) is 6.92 Å². The number of ether oxygens (including phenoxy) is 3. The maximum atomic E-state index is 12.7. The predicted octanol–water partition coefficient (Wildman–Crippen LogP) is 3.13. The molecule has 4 heterocycles. The summed E-state index contributed by atoms with van der Waals surface area (Å²) in [6, 6.07) is -0.991. The van der Waals surface area contributed by atoms with Crippen LogP contribution in [0.25, 0.3) is 0 Å². The molecule has 5 rings (SSSR count). The maximum Gasteiger partial charge on any atom is 0.326 e. The molecule has 1 amide bonds. The summed E-state index contributed by atoms with van der Waals surface area (Å²) >= 11 is 0. The van der Waals surface area contributed by atoms with E-state index in [2.05, 4.69) is 12.2 Å². The standard InChI is InChI=1S/C25H39NO9/c1-6-13(2)20(21(29)30)26-18(27)9-10-19(28)31-22-15(4)17-8-7-14(3)16-11-12-24(5)33-23(32-22)25(16,17)35-34-24/h13-17,20,22-23H,6-12H2,1-5H3,(H,26,27)(H,29,30)/t13-,14-,15-,16+,17+,20-,22-,23-,24-,25+/m1/s1. The molecule has 2 bridgehead atoms. The summed E-state index contributed by atoms with van der Waals surface area (Å²) in [5.41, 5.74) is -0.738. The zero-order valence-corrected chi connectivity index (χ0v) is 21.3. The Morgan fingerprint density at radius 3 is 2.54 bits per heavy atom. The van der Waals surface area contributed by atoms with Gasteiger partial charge in [-0.15, -0.1) is 0 Å². The number of aliphatic carboxylic acids is 1. The van der Waals surface area contributed by atoms with Gasteiger partial charge in [0.15, 0.2) is 11.9 Å². The van der Waals surface area contributed by atoms with Gasteiger partial charge in [-0.3, -0.25) is 9.59 Å². The Hall–Kier alpha value is -1.75. The quantitative estimate of drug-likeness (QED) is 0.384. The van der Waals surface area contributed by atoms with E-state index in [0.717, 1.165) is 19.3 Å². The first-order valence-corrected chi connectivity index (χ1v) is 12.9. The largest absolute Gasteiger partial charge is 0.480 e. The van der Waals surface area contributed by atoms with Gasteiger partial charge in [-0.2, -0.15) is 0 Å². The van der Waals surface area contributed by atoms with Crippen LogP contribution in [0.15, 0.2) is 0 Å². The van der Waals surface area contributed by atoms with Gasteiger partial charge in [-0.05, 0) is 43.9 Å². The molecule has 0 radical (unpaired) electrons. The molecule has 0 aromatic heterocycles. The Morgan fingerprint density at radius 1 is 1.11 bits per heavy atom. The van der Waals surface area contributed by atoms with Gasteiger partial charge in [0.1, 0.15) is 6.04 Å².